The van der Waals surface area contributed by atoms with Crippen LogP contribution in [0.1, 0.15) is 11.6 Å². The molecule has 30 heavy (non-hydrogen) atoms. The van der Waals surface area contributed by atoms with Gasteiger partial charge in [-0.3, -0.25) is 14.3 Å². The van der Waals surface area contributed by atoms with Crippen LogP contribution in [0.5, 0.6) is 5.75 Å². The van der Waals surface area contributed by atoms with Gasteiger partial charge in [0.05, 0.1) is 11.9 Å². The summed E-state index contributed by atoms with van der Waals surface area (Å²) < 4.78 is 67.8. The Morgan fingerprint density at radius 1 is 1.17 bits per heavy atom. The van der Waals surface area contributed by atoms with Crippen LogP contribution in [0.4, 0.5) is 18.9 Å². The van der Waals surface area contributed by atoms with Crippen molar-refractivity contribution in [1.82, 2.24) is 5.48 Å². The van der Waals surface area contributed by atoms with Crippen molar-refractivity contribution in [2.24, 2.45) is 0 Å². The van der Waals surface area contributed by atoms with Crippen LogP contribution in [0.25, 0.3) is 10.1 Å². The third kappa shape index (κ3) is 4.83. The van der Waals surface area contributed by atoms with E-state index in [1.54, 1.807) is 18.2 Å². The fraction of sp³-hybridized carbons (Fsp3) is 0.167. The van der Waals surface area contributed by atoms with Gasteiger partial charge in [-0.25, -0.2) is 13.9 Å². The van der Waals surface area contributed by atoms with Crippen molar-refractivity contribution in [2.75, 3.05) is 10.6 Å². The first kappa shape index (κ1) is 21.9. The molecule has 12 heteroatoms. The first-order valence-corrected chi connectivity index (χ1v) is 11.0. The van der Waals surface area contributed by atoms with E-state index in [1.165, 1.54) is 22.9 Å². The monoisotopic (exact) mass is 460 g/mol. The van der Waals surface area contributed by atoms with Gasteiger partial charge in [0.1, 0.15) is 5.75 Å². The summed E-state index contributed by atoms with van der Waals surface area (Å²) >= 11 is 1.44. The molecule has 0 spiro atoms. The number of rotatable bonds is 6. The Labute approximate surface area is 173 Å². The molecule has 0 aliphatic carbocycles. The lowest BCUT2D eigenvalue weighted by atomic mass is 10.1. The van der Waals surface area contributed by atoms with Gasteiger partial charge in [-0.2, -0.15) is 0 Å². The lowest BCUT2D eigenvalue weighted by Crippen LogP contribution is -2.42. The largest absolute Gasteiger partial charge is 0.573 e. The first-order valence-electron chi connectivity index (χ1n) is 8.26. The number of hydroxylamine groups is 1. The Morgan fingerprint density at radius 3 is 2.40 bits per heavy atom. The van der Waals surface area contributed by atoms with Gasteiger partial charge in [0.15, 0.2) is 6.04 Å². The number of carbonyl (C=O) groups excluding carboxylic acids is 1. The maximum atomic E-state index is 12.6. The molecule has 0 aliphatic rings. The lowest BCUT2D eigenvalue weighted by molar-refractivity contribution is -0.274. The van der Waals surface area contributed by atoms with Crippen molar-refractivity contribution in [3.63, 3.8) is 0 Å². The second kappa shape index (κ2) is 8.13. The number of thiophene rings is 1. The molecule has 160 valence electrons. The summed E-state index contributed by atoms with van der Waals surface area (Å²) in [5.74, 6) is -1.63. The summed E-state index contributed by atoms with van der Waals surface area (Å²) in [7, 11) is -4.06. The highest BCUT2D eigenvalue weighted by Gasteiger charge is 2.35. The number of halogens is 3. The average Bonchev–Trinajstić information content (AvgIpc) is 3.11. The van der Waals surface area contributed by atoms with Crippen molar-refractivity contribution < 1.29 is 36.3 Å². The standard InChI is InChI=1S/C18H15F3N2O5S2/c1-30(26,27)23(13-4-7-15-12(10-13)8-9-29-15)16(17(24)22-25)11-2-5-14(6-3-11)28-18(19,20)21/h2-10,16,25H,1H3,(H,22,24)/t16-/m1/s1. The summed E-state index contributed by atoms with van der Waals surface area (Å²) in [4.78, 5) is 12.4. The van der Waals surface area contributed by atoms with Crippen LogP contribution in [0.15, 0.2) is 53.9 Å². The highest BCUT2D eigenvalue weighted by molar-refractivity contribution is 7.92. The van der Waals surface area contributed by atoms with Crippen LogP contribution in [-0.4, -0.2) is 32.2 Å². The van der Waals surface area contributed by atoms with Crippen molar-refractivity contribution in [3.8, 4) is 5.75 Å². The van der Waals surface area contributed by atoms with E-state index >= 15 is 0 Å². The Hall–Kier alpha value is -2.83. The third-order valence-corrected chi connectivity index (χ3v) is 6.10. The molecule has 2 aromatic carbocycles. The molecule has 0 aliphatic heterocycles. The molecule has 1 amide bonds. The van der Waals surface area contributed by atoms with E-state index in [2.05, 4.69) is 4.74 Å². The van der Waals surface area contributed by atoms with Crippen LogP contribution in [-0.2, 0) is 14.8 Å². The van der Waals surface area contributed by atoms with E-state index in [9.17, 15) is 31.6 Å². The van der Waals surface area contributed by atoms with Crippen LogP contribution in [0, 0.1) is 0 Å². The number of nitrogens with zero attached hydrogens (tertiary/aromatic N) is 1. The maximum absolute atomic E-state index is 12.6. The second-order valence-corrected chi connectivity index (χ2v) is 9.00. The van der Waals surface area contributed by atoms with Crippen molar-refractivity contribution in [2.45, 2.75) is 12.4 Å². The number of fused-ring (bicyclic) bond motifs is 1. The highest BCUT2D eigenvalue weighted by atomic mass is 32.2. The Kier molecular flexibility index (Phi) is 5.92. The molecule has 0 radical (unpaired) electrons. The van der Waals surface area contributed by atoms with Crippen LogP contribution in [0.3, 0.4) is 0 Å². The van der Waals surface area contributed by atoms with Gasteiger partial charge in [0.25, 0.3) is 5.91 Å². The van der Waals surface area contributed by atoms with Crippen molar-refractivity contribution in [3.05, 3.63) is 59.5 Å². The Balaban J connectivity index is 2.09. The van der Waals surface area contributed by atoms with Crippen LogP contribution in [0.2, 0.25) is 0 Å². The molecular formula is C18H15F3N2O5S2. The number of benzene rings is 2. The summed E-state index contributed by atoms with van der Waals surface area (Å²) in [5, 5.41) is 11.7. The quantitative estimate of drug-likeness (QED) is 0.431. The molecule has 0 fully saturated rings. The molecule has 0 saturated heterocycles. The average molecular weight is 460 g/mol. The van der Waals surface area contributed by atoms with Gasteiger partial charge in [-0.05, 0) is 52.7 Å². The number of nitrogens with one attached hydrogen (secondary N) is 1. The molecule has 0 bridgehead atoms. The number of hydrogen-bond donors (Lipinski definition) is 2. The molecule has 1 atom stereocenters. The second-order valence-electron chi connectivity index (χ2n) is 6.20. The fourth-order valence-electron chi connectivity index (χ4n) is 2.93. The number of anilines is 1. The summed E-state index contributed by atoms with van der Waals surface area (Å²) in [6.45, 7) is 0. The number of sulfonamides is 1. The number of alkyl halides is 3. The van der Waals surface area contributed by atoms with Gasteiger partial charge in [0.2, 0.25) is 10.0 Å². The summed E-state index contributed by atoms with van der Waals surface area (Å²) in [6, 6.07) is 9.05. The van der Waals surface area contributed by atoms with Crippen molar-refractivity contribution in [1.29, 1.82) is 0 Å². The maximum Gasteiger partial charge on any atom is 0.573 e. The van der Waals surface area contributed by atoms with E-state index in [-0.39, 0.29) is 11.3 Å². The van der Waals surface area contributed by atoms with Gasteiger partial charge in [0, 0.05) is 4.70 Å². The minimum Gasteiger partial charge on any atom is -0.406 e. The molecule has 0 unspecified atom stereocenters. The van der Waals surface area contributed by atoms with E-state index in [0.717, 1.165) is 44.9 Å². The van der Waals surface area contributed by atoms with Gasteiger partial charge >= 0.3 is 6.36 Å². The Morgan fingerprint density at radius 2 is 1.83 bits per heavy atom. The number of amides is 1. The minimum absolute atomic E-state index is 0.0203. The molecule has 3 aromatic rings. The predicted molar refractivity (Wildman–Crippen MR) is 105 cm³/mol. The number of ether oxygens (including phenoxy) is 1. The van der Waals surface area contributed by atoms with Gasteiger partial charge in [-0.15, -0.1) is 24.5 Å². The predicted octanol–water partition coefficient (Wildman–Crippen LogP) is 3.81. The molecule has 7 nitrogen and oxygen atoms in total. The molecule has 3 rings (SSSR count). The fourth-order valence-corrected chi connectivity index (χ4v) is 4.80. The van der Waals surface area contributed by atoms with Crippen LogP contribution < -0.4 is 14.5 Å². The lowest BCUT2D eigenvalue weighted by Gasteiger charge is -2.30. The topological polar surface area (TPSA) is 95.9 Å². The molecule has 2 N–H and O–H groups in total. The van der Waals surface area contributed by atoms with E-state index in [1.807, 2.05) is 5.38 Å². The smallest absolute Gasteiger partial charge is 0.406 e. The molecule has 1 heterocycles. The molecule has 1 aromatic heterocycles. The summed E-state index contributed by atoms with van der Waals surface area (Å²) in [5.41, 5.74) is 1.58. The summed E-state index contributed by atoms with van der Waals surface area (Å²) in [6.07, 6.45) is -4.03. The van der Waals surface area contributed by atoms with Gasteiger partial charge < -0.3 is 4.74 Å². The highest BCUT2D eigenvalue weighted by Crippen LogP contribution is 2.34. The zero-order valence-corrected chi connectivity index (χ0v) is 16.9. The number of hydrogen-bond acceptors (Lipinski definition) is 6. The van der Waals surface area contributed by atoms with Crippen LogP contribution >= 0.6 is 11.3 Å². The Bertz CT molecular complexity index is 1160. The zero-order chi connectivity index (χ0) is 22.1. The molecule has 0 saturated carbocycles. The zero-order valence-electron chi connectivity index (χ0n) is 15.3. The van der Waals surface area contributed by atoms with E-state index < -0.39 is 34.1 Å². The molecular weight excluding hydrogens is 445 g/mol. The SMILES string of the molecule is CS(=O)(=O)N(c1ccc2sccc2c1)[C@@H](C(=O)NO)c1ccc(OC(F)(F)F)cc1. The first-order chi connectivity index (χ1) is 14.0. The van der Waals surface area contributed by atoms with Crippen molar-refractivity contribution >= 4 is 43.0 Å². The number of carbonyl (C=O) groups is 1. The van der Waals surface area contributed by atoms with E-state index in [4.69, 9.17) is 0 Å². The normalized spacial score (nSPS) is 13.1. The minimum atomic E-state index is -4.90. The van der Waals surface area contributed by atoms with Gasteiger partial charge in [-0.1, -0.05) is 12.1 Å². The van der Waals surface area contributed by atoms with E-state index in [0.29, 0.717) is 0 Å². The third-order valence-electron chi connectivity index (χ3n) is 4.07.